The van der Waals surface area contributed by atoms with Crippen LogP contribution in [0.2, 0.25) is 0 Å². The van der Waals surface area contributed by atoms with Crippen molar-refractivity contribution in [1.29, 1.82) is 0 Å². The smallest absolute Gasteiger partial charge is 0.260 e. The Balaban J connectivity index is 1.93. The molecule has 142 valence electrons. The number of aromatic amines is 1. The summed E-state index contributed by atoms with van der Waals surface area (Å²) in [4.78, 5) is 31.9. The number of benzene rings is 2. The van der Waals surface area contributed by atoms with Crippen molar-refractivity contribution in [2.45, 2.75) is 0 Å². The molecule has 0 spiro atoms. The molecule has 0 radical (unpaired) electrons. The fourth-order valence-electron chi connectivity index (χ4n) is 3.20. The van der Waals surface area contributed by atoms with Gasteiger partial charge in [0, 0.05) is 17.1 Å². The number of hydrogen-bond donors (Lipinski definition) is 1. The topological polar surface area (TPSA) is 62.8 Å². The van der Waals surface area contributed by atoms with E-state index in [0.717, 1.165) is 6.20 Å². The van der Waals surface area contributed by atoms with Gasteiger partial charge in [-0.1, -0.05) is 42.5 Å². The van der Waals surface area contributed by atoms with Crippen LogP contribution < -0.4 is 5.56 Å². The Labute approximate surface area is 164 Å². The van der Waals surface area contributed by atoms with Gasteiger partial charge in [0.15, 0.2) is 5.78 Å². The van der Waals surface area contributed by atoms with Crippen LogP contribution in [-0.4, -0.2) is 15.8 Å². The van der Waals surface area contributed by atoms with Gasteiger partial charge in [-0.3, -0.25) is 14.6 Å². The molecule has 4 aromatic rings. The van der Waals surface area contributed by atoms with Crippen LogP contribution >= 0.6 is 0 Å². The summed E-state index contributed by atoms with van der Waals surface area (Å²) in [6.07, 6.45) is 5.00. The minimum absolute atomic E-state index is 0.0335. The number of fused-ring (bicyclic) bond motifs is 1. The van der Waals surface area contributed by atoms with Crippen LogP contribution in [0.4, 0.5) is 8.78 Å². The highest BCUT2D eigenvalue weighted by Crippen LogP contribution is 2.30. The number of nitrogens with one attached hydrogen (secondary N) is 1. The van der Waals surface area contributed by atoms with Crippen molar-refractivity contribution >= 4 is 22.8 Å². The quantitative estimate of drug-likeness (QED) is 0.405. The standard InChI is InChI=1S/C23H14F2N2O2/c24-16-11-14(12-26-13-16)9-10-19(28)21-20(15-5-2-1-3-6-15)17-7-4-8-18(25)22(17)27-23(21)29/h1-13H,(H,27,29)/b10-9+. The number of H-pyrrole nitrogens is 1. The zero-order valence-electron chi connectivity index (χ0n) is 15.0. The molecule has 0 aliphatic heterocycles. The average molecular weight is 388 g/mol. The lowest BCUT2D eigenvalue weighted by molar-refractivity contribution is 0.104. The average Bonchev–Trinajstić information content (AvgIpc) is 2.72. The molecule has 2 aromatic heterocycles. The summed E-state index contributed by atoms with van der Waals surface area (Å²) < 4.78 is 27.6. The van der Waals surface area contributed by atoms with Gasteiger partial charge in [-0.05, 0) is 35.4 Å². The second kappa shape index (κ2) is 7.59. The van der Waals surface area contributed by atoms with Crippen molar-refractivity contribution < 1.29 is 13.6 Å². The molecule has 2 heterocycles. The summed E-state index contributed by atoms with van der Waals surface area (Å²) >= 11 is 0. The fraction of sp³-hybridized carbons (Fsp3) is 0. The molecule has 0 atom stereocenters. The van der Waals surface area contributed by atoms with Gasteiger partial charge in [0.2, 0.25) is 0 Å². The number of halogens is 2. The van der Waals surface area contributed by atoms with E-state index in [9.17, 15) is 18.4 Å². The highest BCUT2D eigenvalue weighted by atomic mass is 19.1. The number of pyridine rings is 2. The number of nitrogens with zero attached hydrogens (tertiary/aromatic N) is 1. The Bertz CT molecular complexity index is 1310. The van der Waals surface area contributed by atoms with Gasteiger partial charge >= 0.3 is 0 Å². The molecule has 0 bridgehead atoms. The van der Waals surface area contributed by atoms with E-state index in [0.29, 0.717) is 22.1 Å². The molecule has 4 rings (SSSR count). The predicted octanol–water partition coefficient (Wildman–Crippen LogP) is 4.76. The van der Waals surface area contributed by atoms with Crippen LogP contribution in [0.25, 0.3) is 28.1 Å². The Morgan fingerprint density at radius 3 is 2.55 bits per heavy atom. The number of allylic oxidation sites excluding steroid dienone is 1. The lowest BCUT2D eigenvalue weighted by Gasteiger charge is -2.11. The summed E-state index contributed by atoms with van der Waals surface area (Å²) in [5.74, 6) is -1.71. The SMILES string of the molecule is O=C(/C=C/c1cncc(F)c1)c1c(-c2ccccc2)c2cccc(F)c2[nH]c1=O. The van der Waals surface area contributed by atoms with E-state index in [1.165, 1.54) is 36.5 Å². The third-order valence-electron chi connectivity index (χ3n) is 4.46. The first-order valence-electron chi connectivity index (χ1n) is 8.77. The largest absolute Gasteiger partial charge is 0.319 e. The van der Waals surface area contributed by atoms with Gasteiger partial charge < -0.3 is 4.98 Å². The summed E-state index contributed by atoms with van der Waals surface area (Å²) in [5, 5.41) is 0.417. The maximum atomic E-state index is 14.3. The van der Waals surface area contributed by atoms with Gasteiger partial charge in [0.25, 0.3) is 5.56 Å². The molecule has 0 saturated carbocycles. The maximum absolute atomic E-state index is 14.3. The highest BCUT2D eigenvalue weighted by Gasteiger charge is 2.20. The molecule has 0 aliphatic rings. The predicted molar refractivity (Wildman–Crippen MR) is 108 cm³/mol. The number of ketones is 1. The fourth-order valence-corrected chi connectivity index (χ4v) is 3.20. The molecule has 0 fully saturated rings. The van der Waals surface area contributed by atoms with Crippen LogP contribution in [0.1, 0.15) is 15.9 Å². The number of carbonyl (C=O) groups excluding carboxylic acids is 1. The first-order chi connectivity index (χ1) is 14.0. The summed E-state index contributed by atoms with van der Waals surface area (Å²) in [7, 11) is 0. The van der Waals surface area contributed by atoms with E-state index >= 15 is 0 Å². The van der Waals surface area contributed by atoms with Crippen molar-refractivity contribution in [2.24, 2.45) is 0 Å². The van der Waals surface area contributed by atoms with Crippen LogP contribution in [-0.2, 0) is 0 Å². The minimum atomic E-state index is -0.700. The van der Waals surface area contributed by atoms with Crippen LogP contribution in [0.5, 0.6) is 0 Å². The Morgan fingerprint density at radius 1 is 1.00 bits per heavy atom. The zero-order valence-corrected chi connectivity index (χ0v) is 15.0. The second-order valence-corrected chi connectivity index (χ2v) is 6.37. The molecule has 0 unspecified atom stereocenters. The lowest BCUT2D eigenvalue weighted by atomic mass is 9.93. The van der Waals surface area contributed by atoms with Gasteiger partial charge in [-0.25, -0.2) is 8.78 Å². The number of para-hydroxylation sites is 1. The Morgan fingerprint density at radius 2 is 1.79 bits per heavy atom. The maximum Gasteiger partial charge on any atom is 0.260 e. The molecule has 0 amide bonds. The summed E-state index contributed by atoms with van der Waals surface area (Å²) in [6, 6.07) is 14.5. The van der Waals surface area contributed by atoms with E-state index in [2.05, 4.69) is 9.97 Å². The third-order valence-corrected chi connectivity index (χ3v) is 4.46. The molecule has 29 heavy (non-hydrogen) atoms. The van der Waals surface area contributed by atoms with Crippen molar-refractivity contribution in [1.82, 2.24) is 9.97 Å². The zero-order chi connectivity index (χ0) is 20.4. The highest BCUT2D eigenvalue weighted by molar-refractivity contribution is 6.15. The van der Waals surface area contributed by atoms with Crippen molar-refractivity contribution in [3.05, 3.63) is 106 Å². The summed E-state index contributed by atoms with van der Waals surface area (Å²) in [5.41, 5.74) is 0.548. The van der Waals surface area contributed by atoms with Crippen molar-refractivity contribution in [3.8, 4) is 11.1 Å². The number of carbonyl (C=O) groups is 1. The van der Waals surface area contributed by atoms with Crippen molar-refractivity contribution in [2.75, 3.05) is 0 Å². The molecule has 4 nitrogen and oxygen atoms in total. The van der Waals surface area contributed by atoms with E-state index in [4.69, 9.17) is 0 Å². The van der Waals surface area contributed by atoms with Crippen LogP contribution in [0.3, 0.4) is 0 Å². The molecule has 0 aliphatic carbocycles. The Kier molecular flexibility index (Phi) is 4.83. The van der Waals surface area contributed by atoms with Gasteiger partial charge in [0.1, 0.15) is 11.6 Å². The lowest BCUT2D eigenvalue weighted by Crippen LogP contribution is -2.19. The number of rotatable bonds is 4. The van der Waals surface area contributed by atoms with Gasteiger partial charge in [0.05, 0.1) is 17.3 Å². The van der Waals surface area contributed by atoms with Crippen LogP contribution in [0.15, 0.2) is 77.9 Å². The molecule has 6 heteroatoms. The molecule has 2 aromatic carbocycles. The first-order valence-corrected chi connectivity index (χ1v) is 8.77. The molecule has 1 N–H and O–H groups in total. The monoisotopic (exact) mass is 388 g/mol. The normalized spacial score (nSPS) is 11.2. The third kappa shape index (κ3) is 3.60. The molecular formula is C23H14F2N2O2. The number of hydrogen-bond acceptors (Lipinski definition) is 3. The first kappa shape index (κ1) is 18.4. The second-order valence-electron chi connectivity index (χ2n) is 6.37. The van der Waals surface area contributed by atoms with Crippen LogP contribution in [0, 0.1) is 11.6 Å². The van der Waals surface area contributed by atoms with E-state index in [-0.39, 0.29) is 11.1 Å². The minimum Gasteiger partial charge on any atom is -0.319 e. The van der Waals surface area contributed by atoms with Gasteiger partial charge in [-0.15, -0.1) is 0 Å². The van der Waals surface area contributed by atoms with Crippen molar-refractivity contribution in [3.63, 3.8) is 0 Å². The van der Waals surface area contributed by atoms with E-state index < -0.39 is 23.0 Å². The number of aromatic nitrogens is 2. The van der Waals surface area contributed by atoms with E-state index in [1.807, 2.05) is 0 Å². The molecule has 0 saturated heterocycles. The summed E-state index contributed by atoms with van der Waals surface area (Å²) in [6.45, 7) is 0. The van der Waals surface area contributed by atoms with E-state index in [1.54, 1.807) is 36.4 Å². The Hall–Kier alpha value is -3.93. The van der Waals surface area contributed by atoms with Gasteiger partial charge in [-0.2, -0.15) is 0 Å². The molecular weight excluding hydrogens is 374 g/mol.